The molecule has 29 heavy (non-hydrogen) atoms. The summed E-state index contributed by atoms with van der Waals surface area (Å²) in [7, 11) is 1.33. The lowest BCUT2D eigenvalue weighted by Gasteiger charge is -2.47. The molecular weight excluding hydrogens is 383 g/mol. The fraction of sp³-hybridized carbons (Fsp3) is 0.810. The molecule has 1 aliphatic heterocycles. The Morgan fingerprint density at radius 2 is 2.17 bits per heavy atom. The van der Waals surface area contributed by atoms with Gasteiger partial charge < -0.3 is 4.74 Å². The van der Waals surface area contributed by atoms with E-state index in [0.717, 1.165) is 36.8 Å². The van der Waals surface area contributed by atoms with Gasteiger partial charge in [-0.1, -0.05) is 39.5 Å². The number of halogens is 3. The van der Waals surface area contributed by atoms with Gasteiger partial charge >= 0.3 is 12.1 Å². The van der Waals surface area contributed by atoms with E-state index in [4.69, 9.17) is 4.74 Å². The van der Waals surface area contributed by atoms with Crippen molar-refractivity contribution in [3.05, 3.63) is 17.5 Å². The lowest BCUT2D eigenvalue weighted by atomic mass is 9.76. The molecule has 5 nitrogen and oxygen atoms in total. The van der Waals surface area contributed by atoms with E-state index in [1.807, 2.05) is 6.92 Å². The lowest BCUT2D eigenvalue weighted by molar-refractivity contribution is -0.176. The van der Waals surface area contributed by atoms with Crippen LogP contribution >= 0.6 is 0 Å². The van der Waals surface area contributed by atoms with Gasteiger partial charge in [-0.15, -0.1) is 0 Å². The zero-order chi connectivity index (χ0) is 21.2. The molecule has 3 rings (SSSR count). The first kappa shape index (κ1) is 22.1. The maximum Gasteiger partial charge on any atom is 0.433 e. The van der Waals surface area contributed by atoms with E-state index < -0.39 is 18.1 Å². The minimum atomic E-state index is -4.42. The molecule has 1 N–H and O–H groups in total. The number of rotatable bonds is 8. The zero-order valence-electron chi connectivity index (χ0n) is 17.5. The van der Waals surface area contributed by atoms with E-state index >= 15 is 0 Å². The number of unbranched alkanes of at least 4 members (excludes halogenated alkanes) is 3. The summed E-state index contributed by atoms with van der Waals surface area (Å²) in [4.78, 5) is 12.5. The summed E-state index contributed by atoms with van der Waals surface area (Å²) in [6.07, 6.45) is 3.77. The first-order valence-electron chi connectivity index (χ1n) is 10.7. The van der Waals surface area contributed by atoms with Crippen LogP contribution in [0.3, 0.4) is 0 Å². The van der Waals surface area contributed by atoms with Crippen molar-refractivity contribution in [2.75, 3.05) is 6.54 Å². The smallest absolute Gasteiger partial charge is 0.433 e. The maximum absolute atomic E-state index is 13.4. The van der Waals surface area contributed by atoms with Crippen LogP contribution in [0.4, 0.5) is 13.2 Å². The van der Waals surface area contributed by atoms with Gasteiger partial charge in [-0.2, -0.15) is 18.3 Å². The number of nitrogens with zero attached hydrogens (tertiary/aromatic N) is 2. The van der Waals surface area contributed by atoms with Gasteiger partial charge in [0, 0.05) is 24.6 Å². The second kappa shape index (κ2) is 8.66. The molecule has 2 fully saturated rings. The SMILES string of the molecule is CCCCCCC(C)C(=O)OC1NCC12CCC(c1cnn(C)c1C(F)(F)F)C2. The van der Waals surface area contributed by atoms with Gasteiger partial charge in [-0.05, 0) is 31.6 Å². The molecule has 164 valence electrons. The second-order valence-electron chi connectivity index (χ2n) is 8.82. The van der Waals surface area contributed by atoms with Crippen molar-refractivity contribution in [2.45, 2.75) is 83.5 Å². The Labute approximate surface area is 170 Å². The first-order valence-corrected chi connectivity index (χ1v) is 10.7. The van der Waals surface area contributed by atoms with Crippen LogP contribution in [0.5, 0.6) is 0 Å². The summed E-state index contributed by atoms with van der Waals surface area (Å²) in [5, 5.41) is 7.02. The number of aryl methyl sites for hydroxylation is 1. The van der Waals surface area contributed by atoms with Crippen molar-refractivity contribution >= 4 is 5.97 Å². The quantitative estimate of drug-likeness (QED) is 0.491. The van der Waals surface area contributed by atoms with Gasteiger partial charge in [0.1, 0.15) is 5.69 Å². The van der Waals surface area contributed by atoms with Crippen molar-refractivity contribution in [3.63, 3.8) is 0 Å². The fourth-order valence-electron chi connectivity index (χ4n) is 4.79. The molecule has 2 heterocycles. The summed E-state index contributed by atoms with van der Waals surface area (Å²) in [5.74, 6) is -0.576. The Kier molecular flexibility index (Phi) is 6.61. The summed E-state index contributed by atoms with van der Waals surface area (Å²) in [6.45, 7) is 4.72. The largest absolute Gasteiger partial charge is 0.446 e. The summed E-state index contributed by atoms with van der Waals surface area (Å²) in [6, 6.07) is 0. The van der Waals surface area contributed by atoms with Gasteiger partial charge in [0.05, 0.1) is 12.1 Å². The zero-order valence-corrected chi connectivity index (χ0v) is 17.5. The number of hydrogen-bond acceptors (Lipinski definition) is 4. The molecule has 1 spiro atoms. The Morgan fingerprint density at radius 1 is 1.41 bits per heavy atom. The highest BCUT2D eigenvalue weighted by atomic mass is 19.4. The predicted molar refractivity (Wildman–Crippen MR) is 103 cm³/mol. The van der Waals surface area contributed by atoms with Crippen molar-refractivity contribution in [1.29, 1.82) is 0 Å². The van der Waals surface area contributed by atoms with E-state index in [0.29, 0.717) is 19.4 Å². The number of nitrogens with one attached hydrogen (secondary N) is 1. The van der Waals surface area contributed by atoms with Crippen LogP contribution in [0.2, 0.25) is 0 Å². The highest BCUT2D eigenvalue weighted by Crippen LogP contribution is 2.53. The first-order chi connectivity index (χ1) is 13.7. The second-order valence-corrected chi connectivity index (χ2v) is 8.82. The minimum Gasteiger partial charge on any atom is -0.446 e. The highest BCUT2D eigenvalue weighted by molar-refractivity contribution is 5.72. The molecule has 4 atom stereocenters. The molecule has 1 saturated carbocycles. The van der Waals surface area contributed by atoms with Crippen LogP contribution in [0, 0.1) is 11.3 Å². The Morgan fingerprint density at radius 3 is 2.79 bits per heavy atom. The number of esters is 1. The van der Waals surface area contributed by atoms with Crippen LogP contribution in [0.15, 0.2) is 6.20 Å². The summed E-state index contributed by atoms with van der Waals surface area (Å²) in [5.41, 5.74) is -0.666. The maximum atomic E-state index is 13.4. The fourth-order valence-corrected chi connectivity index (χ4v) is 4.79. The van der Waals surface area contributed by atoms with E-state index in [1.54, 1.807) is 0 Å². The Balaban J connectivity index is 1.59. The topological polar surface area (TPSA) is 56.1 Å². The molecular formula is C21H32F3N3O2. The average Bonchev–Trinajstić information content (AvgIpc) is 3.27. The van der Waals surface area contributed by atoms with Gasteiger partial charge in [-0.3, -0.25) is 14.8 Å². The number of carbonyl (C=O) groups is 1. The third kappa shape index (κ3) is 4.62. The van der Waals surface area contributed by atoms with Gasteiger partial charge in [0.15, 0.2) is 6.23 Å². The predicted octanol–water partition coefficient (Wildman–Crippen LogP) is 4.77. The molecule has 2 aliphatic rings. The third-order valence-electron chi connectivity index (χ3n) is 6.64. The van der Waals surface area contributed by atoms with Crippen molar-refractivity contribution in [3.8, 4) is 0 Å². The molecule has 0 aromatic carbocycles. The van der Waals surface area contributed by atoms with Crippen molar-refractivity contribution in [2.24, 2.45) is 18.4 Å². The van der Waals surface area contributed by atoms with Gasteiger partial charge in [0.25, 0.3) is 0 Å². The molecule has 8 heteroatoms. The van der Waals surface area contributed by atoms with E-state index in [2.05, 4.69) is 17.3 Å². The van der Waals surface area contributed by atoms with Gasteiger partial charge in [-0.25, -0.2) is 0 Å². The lowest BCUT2D eigenvalue weighted by Crippen LogP contribution is -2.63. The van der Waals surface area contributed by atoms with E-state index in [-0.39, 0.29) is 28.8 Å². The number of ether oxygens (including phenoxy) is 1. The summed E-state index contributed by atoms with van der Waals surface area (Å²) >= 11 is 0. The van der Waals surface area contributed by atoms with Crippen LogP contribution < -0.4 is 5.32 Å². The molecule has 1 aliphatic carbocycles. The average molecular weight is 416 g/mol. The van der Waals surface area contributed by atoms with Crippen LogP contribution in [0.25, 0.3) is 0 Å². The van der Waals surface area contributed by atoms with Crippen LogP contribution in [-0.4, -0.2) is 28.5 Å². The van der Waals surface area contributed by atoms with Crippen molar-refractivity contribution < 1.29 is 22.7 Å². The Bertz CT molecular complexity index is 719. The van der Waals surface area contributed by atoms with Crippen LogP contribution in [-0.2, 0) is 22.8 Å². The third-order valence-corrected chi connectivity index (χ3v) is 6.64. The van der Waals surface area contributed by atoms with Gasteiger partial charge in [0.2, 0.25) is 0 Å². The number of hydrogen-bond donors (Lipinski definition) is 1. The highest BCUT2D eigenvalue weighted by Gasteiger charge is 2.55. The summed E-state index contributed by atoms with van der Waals surface area (Å²) < 4.78 is 46.9. The van der Waals surface area contributed by atoms with Crippen LogP contribution in [0.1, 0.15) is 82.4 Å². The molecule has 0 bridgehead atoms. The van der Waals surface area contributed by atoms with Crippen molar-refractivity contribution in [1.82, 2.24) is 15.1 Å². The Hall–Kier alpha value is -1.57. The molecule has 1 saturated heterocycles. The molecule has 1 aromatic rings. The number of carbonyl (C=O) groups excluding carboxylic acids is 1. The monoisotopic (exact) mass is 415 g/mol. The molecule has 4 unspecified atom stereocenters. The number of alkyl halides is 3. The standard InChI is InChI=1S/C21H32F3N3O2/c1-4-5-6-7-8-14(2)18(28)29-19-20(13-25-19)10-9-15(11-20)16-12-26-27(3)17(16)21(22,23)24/h12,14-15,19,25H,4-11,13H2,1-3H3. The molecule has 0 radical (unpaired) electrons. The molecule has 1 aromatic heterocycles. The van der Waals surface area contributed by atoms with E-state index in [1.165, 1.54) is 19.7 Å². The van der Waals surface area contributed by atoms with E-state index in [9.17, 15) is 18.0 Å². The minimum absolute atomic E-state index is 0.154. The normalized spacial score (nSPS) is 27.8. The number of aromatic nitrogens is 2. The molecule has 0 amide bonds.